The summed E-state index contributed by atoms with van der Waals surface area (Å²) in [7, 11) is 0. The van der Waals surface area contributed by atoms with Gasteiger partial charge in [-0.2, -0.15) is 0 Å². The van der Waals surface area contributed by atoms with Crippen LogP contribution in [0, 0.1) is 13.8 Å². The molecule has 1 N–H and O–H groups in total. The molecule has 7 aromatic carbocycles. The monoisotopic (exact) mass is 863 g/mol. The number of nitrogens with zero attached hydrogens (tertiary/aromatic N) is 3. The van der Waals surface area contributed by atoms with E-state index in [-0.39, 0.29) is 22.0 Å². The molecule has 0 aliphatic carbocycles. The highest BCUT2D eigenvalue weighted by atomic mass is 16.3. The van der Waals surface area contributed by atoms with Crippen molar-refractivity contribution in [1.29, 1.82) is 0 Å². The number of rotatable bonds is 7. The lowest BCUT2D eigenvalue weighted by atomic mass is 9.79. The number of fused-ring (bicyclic) bond motifs is 1. The molecule has 0 fully saturated rings. The molecule has 9 aromatic rings. The van der Waals surface area contributed by atoms with Crippen molar-refractivity contribution in [2.75, 3.05) is 0 Å². The summed E-state index contributed by atoms with van der Waals surface area (Å²) in [5.74, 6) is 0.908. The number of hydrogen-bond donors (Lipinski definition) is 1. The lowest BCUT2D eigenvalue weighted by Gasteiger charge is -2.27. The standard InChI is InChI=1S/C62H61N3O/c1-39-31-40(2)58(66)52(32-39)59-64-57-49(45-33-46(35-48(34-45)61(6,7)8)54-36-44(29-30-63-54)41-25-27-47(28-26-41)60(3,4)5)23-18-24-55(57)65(59)56-38-50(42-19-14-12-15-20-42)53(62(9,10)11)37-51(56)43-21-16-13-17-22-43/h12-38,66H,1-11H3. The van der Waals surface area contributed by atoms with Crippen LogP contribution in [0.4, 0.5) is 0 Å². The van der Waals surface area contributed by atoms with E-state index in [2.05, 4.69) is 225 Å². The lowest BCUT2D eigenvalue weighted by Crippen LogP contribution is -2.14. The molecule has 0 radical (unpaired) electrons. The average Bonchev–Trinajstić information content (AvgIpc) is 3.69. The van der Waals surface area contributed by atoms with Gasteiger partial charge in [-0.3, -0.25) is 9.55 Å². The van der Waals surface area contributed by atoms with E-state index >= 15 is 0 Å². The third-order valence-corrected chi connectivity index (χ3v) is 13.0. The summed E-state index contributed by atoms with van der Waals surface area (Å²) in [6.07, 6.45) is 1.93. The molecule has 0 saturated carbocycles. The van der Waals surface area contributed by atoms with E-state index in [4.69, 9.17) is 9.97 Å². The van der Waals surface area contributed by atoms with Gasteiger partial charge in [-0.25, -0.2) is 4.98 Å². The first-order chi connectivity index (χ1) is 31.3. The molecule has 0 aliphatic rings. The van der Waals surface area contributed by atoms with Gasteiger partial charge >= 0.3 is 0 Å². The lowest BCUT2D eigenvalue weighted by molar-refractivity contribution is 0.472. The SMILES string of the molecule is Cc1cc(C)c(O)c(-c2nc3c(-c4cc(-c5cc(-c6ccc(C(C)(C)C)cc6)ccn5)cc(C(C)(C)C)c4)cccc3n2-c2cc(-c3ccccc3)c(C(C)(C)C)cc2-c2ccccc2)c1. The highest BCUT2D eigenvalue weighted by molar-refractivity contribution is 5.98. The van der Waals surface area contributed by atoms with Crippen LogP contribution >= 0.6 is 0 Å². The van der Waals surface area contributed by atoms with Crippen molar-refractivity contribution >= 4 is 11.0 Å². The first-order valence-electron chi connectivity index (χ1n) is 23.2. The molecule has 0 atom stereocenters. The maximum Gasteiger partial charge on any atom is 0.149 e. The van der Waals surface area contributed by atoms with Crippen LogP contribution in [0.25, 0.3) is 83.9 Å². The van der Waals surface area contributed by atoms with Crippen molar-refractivity contribution < 1.29 is 5.11 Å². The maximum atomic E-state index is 12.0. The summed E-state index contributed by atoms with van der Waals surface area (Å²) in [5.41, 5.74) is 19.7. The minimum atomic E-state index is -0.160. The molecule has 4 nitrogen and oxygen atoms in total. The molecule has 0 spiro atoms. The number of para-hydroxylation sites is 1. The fourth-order valence-corrected chi connectivity index (χ4v) is 9.28. The van der Waals surface area contributed by atoms with Crippen LogP contribution in [0.5, 0.6) is 5.75 Å². The van der Waals surface area contributed by atoms with Gasteiger partial charge in [-0.1, -0.05) is 172 Å². The minimum Gasteiger partial charge on any atom is -0.507 e. The van der Waals surface area contributed by atoms with Crippen LogP contribution in [0.2, 0.25) is 0 Å². The topological polar surface area (TPSA) is 50.9 Å². The number of phenolic OH excluding ortho intramolecular Hbond substituents is 1. The summed E-state index contributed by atoms with van der Waals surface area (Å²) in [4.78, 5) is 10.6. The molecule has 0 saturated heterocycles. The summed E-state index contributed by atoms with van der Waals surface area (Å²) in [5, 5.41) is 12.0. The molecule has 0 aliphatic heterocycles. The molecule has 0 bridgehead atoms. The van der Waals surface area contributed by atoms with Gasteiger partial charge in [0.05, 0.1) is 28.0 Å². The van der Waals surface area contributed by atoms with Gasteiger partial charge in [0.15, 0.2) is 0 Å². The summed E-state index contributed by atoms with van der Waals surface area (Å²) >= 11 is 0. The summed E-state index contributed by atoms with van der Waals surface area (Å²) in [6.45, 7) is 24.5. The second-order valence-electron chi connectivity index (χ2n) is 21.1. The first-order valence-corrected chi connectivity index (χ1v) is 23.2. The largest absolute Gasteiger partial charge is 0.507 e. The number of imidazole rings is 1. The van der Waals surface area contributed by atoms with Crippen molar-refractivity contribution in [1.82, 2.24) is 14.5 Å². The third kappa shape index (κ3) is 8.49. The number of benzene rings is 7. The van der Waals surface area contributed by atoms with E-state index in [1.165, 1.54) is 16.7 Å². The van der Waals surface area contributed by atoms with E-state index in [1.54, 1.807) is 0 Å². The number of pyridine rings is 1. The van der Waals surface area contributed by atoms with E-state index in [0.29, 0.717) is 11.4 Å². The van der Waals surface area contributed by atoms with E-state index in [9.17, 15) is 5.11 Å². The Balaban J connectivity index is 1.33. The van der Waals surface area contributed by atoms with Gasteiger partial charge in [0.2, 0.25) is 0 Å². The van der Waals surface area contributed by atoms with Crippen LogP contribution < -0.4 is 0 Å². The number of hydrogen-bond acceptors (Lipinski definition) is 3. The molecule has 0 amide bonds. The fraction of sp³-hybridized carbons (Fsp3) is 0.226. The van der Waals surface area contributed by atoms with Crippen molar-refractivity contribution in [2.45, 2.75) is 92.4 Å². The van der Waals surface area contributed by atoms with Gasteiger partial charge in [0.25, 0.3) is 0 Å². The van der Waals surface area contributed by atoms with Gasteiger partial charge in [-0.15, -0.1) is 0 Å². The van der Waals surface area contributed by atoms with Crippen molar-refractivity contribution in [3.05, 3.63) is 192 Å². The van der Waals surface area contributed by atoms with Crippen LogP contribution in [0.3, 0.4) is 0 Å². The van der Waals surface area contributed by atoms with Crippen LogP contribution in [0.1, 0.15) is 90.1 Å². The van der Waals surface area contributed by atoms with Gasteiger partial charge < -0.3 is 5.11 Å². The van der Waals surface area contributed by atoms with Crippen molar-refractivity contribution in [3.63, 3.8) is 0 Å². The minimum absolute atomic E-state index is 0.0801. The van der Waals surface area contributed by atoms with Crippen LogP contribution in [-0.4, -0.2) is 19.6 Å². The van der Waals surface area contributed by atoms with E-state index < -0.39 is 0 Å². The zero-order valence-corrected chi connectivity index (χ0v) is 40.4. The predicted molar refractivity (Wildman–Crippen MR) is 279 cm³/mol. The zero-order valence-electron chi connectivity index (χ0n) is 40.4. The molecule has 9 rings (SSSR count). The second-order valence-corrected chi connectivity index (χ2v) is 21.1. The Morgan fingerprint density at radius 1 is 0.455 bits per heavy atom. The van der Waals surface area contributed by atoms with E-state index in [1.807, 2.05) is 19.2 Å². The summed E-state index contributed by atoms with van der Waals surface area (Å²) in [6, 6.07) is 56.8. The Kier molecular flexibility index (Phi) is 11.2. The molecule has 330 valence electrons. The highest BCUT2D eigenvalue weighted by Crippen LogP contribution is 2.45. The molecule has 4 heteroatoms. The molecular formula is C62H61N3O. The zero-order chi connectivity index (χ0) is 46.7. The first kappa shape index (κ1) is 44.2. The van der Waals surface area contributed by atoms with Crippen LogP contribution in [0.15, 0.2) is 164 Å². The number of aromatic hydroxyl groups is 1. The Morgan fingerprint density at radius 2 is 1.09 bits per heavy atom. The summed E-state index contributed by atoms with van der Waals surface area (Å²) < 4.78 is 2.29. The van der Waals surface area contributed by atoms with Gasteiger partial charge in [-0.05, 0) is 140 Å². The number of aromatic nitrogens is 3. The quantitative estimate of drug-likeness (QED) is 0.174. The Bertz CT molecular complexity index is 3250. The predicted octanol–water partition coefficient (Wildman–Crippen LogP) is 16.6. The molecule has 2 aromatic heterocycles. The molecule has 2 heterocycles. The van der Waals surface area contributed by atoms with E-state index in [0.717, 1.165) is 83.6 Å². The normalized spacial score (nSPS) is 12.2. The van der Waals surface area contributed by atoms with Crippen LogP contribution in [-0.2, 0) is 16.2 Å². The second kappa shape index (κ2) is 16.7. The smallest absolute Gasteiger partial charge is 0.149 e. The van der Waals surface area contributed by atoms with Crippen molar-refractivity contribution in [2.24, 2.45) is 0 Å². The molecule has 66 heavy (non-hydrogen) atoms. The fourth-order valence-electron chi connectivity index (χ4n) is 9.28. The molecule has 0 unspecified atom stereocenters. The Morgan fingerprint density at radius 3 is 1.73 bits per heavy atom. The van der Waals surface area contributed by atoms with Gasteiger partial charge in [0.1, 0.15) is 11.6 Å². The Labute approximate surface area is 391 Å². The van der Waals surface area contributed by atoms with Crippen molar-refractivity contribution in [3.8, 4) is 78.6 Å². The maximum absolute atomic E-state index is 12.0. The third-order valence-electron chi connectivity index (χ3n) is 13.0. The number of aryl methyl sites for hydroxylation is 2. The van der Waals surface area contributed by atoms with Gasteiger partial charge in [0, 0.05) is 22.9 Å². The highest BCUT2D eigenvalue weighted by Gasteiger charge is 2.28. The average molecular weight is 864 g/mol. The Hall–Kier alpha value is -7.04. The number of phenols is 1. The molecular weight excluding hydrogens is 803 g/mol.